The third kappa shape index (κ3) is 4.35. The molecule has 0 aromatic heterocycles. The minimum absolute atomic E-state index is 0.217. The Labute approximate surface area is 149 Å². The Balaban J connectivity index is 2.11. The summed E-state index contributed by atoms with van der Waals surface area (Å²) in [5, 5.41) is 13.6. The number of nitro benzene ring substituents is 1. The van der Waals surface area contributed by atoms with Crippen molar-refractivity contribution < 1.29 is 24.0 Å². The van der Waals surface area contributed by atoms with Gasteiger partial charge < -0.3 is 14.8 Å². The number of hydrogen-bond donors (Lipinski definition) is 1. The number of anilines is 1. The van der Waals surface area contributed by atoms with Crippen LogP contribution < -0.4 is 10.1 Å². The van der Waals surface area contributed by atoms with E-state index in [1.165, 1.54) is 38.3 Å². The zero-order valence-electron chi connectivity index (χ0n) is 14.5. The van der Waals surface area contributed by atoms with Gasteiger partial charge in [-0.2, -0.15) is 0 Å². The smallest absolute Gasteiger partial charge is 0.345 e. The highest BCUT2D eigenvalue weighted by atomic mass is 16.6. The lowest BCUT2D eigenvalue weighted by atomic mass is 10.2. The van der Waals surface area contributed by atoms with Crippen LogP contribution in [-0.2, 0) is 9.53 Å². The molecule has 0 fully saturated rings. The highest BCUT2D eigenvalue weighted by Crippen LogP contribution is 2.25. The fourth-order valence-electron chi connectivity index (χ4n) is 2.24. The van der Waals surface area contributed by atoms with Gasteiger partial charge in [-0.15, -0.1) is 0 Å². The summed E-state index contributed by atoms with van der Waals surface area (Å²) in [7, 11) is 1.47. The second-order valence-electron chi connectivity index (χ2n) is 5.51. The Morgan fingerprint density at radius 1 is 1.19 bits per heavy atom. The average Bonchev–Trinajstić information content (AvgIpc) is 2.61. The van der Waals surface area contributed by atoms with E-state index >= 15 is 0 Å². The second-order valence-corrected chi connectivity index (χ2v) is 5.51. The number of methoxy groups -OCH3 is 1. The molecule has 0 saturated heterocycles. The van der Waals surface area contributed by atoms with Gasteiger partial charge in [-0.3, -0.25) is 14.9 Å². The van der Waals surface area contributed by atoms with Gasteiger partial charge in [0.05, 0.1) is 17.7 Å². The summed E-state index contributed by atoms with van der Waals surface area (Å²) >= 11 is 0. The van der Waals surface area contributed by atoms with E-state index in [4.69, 9.17) is 9.47 Å². The van der Waals surface area contributed by atoms with Crippen molar-refractivity contribution >= 4 is 23.3 Å². The van der Waals surface area contributed by atoms with Crippen LogP contribution >= 0.6 is 0 Å². The van der Waals surface area contributed by atoms with Crippen molar-refractivity contribution in [2.24, 2.45) is 0 Å². The normalized spacial score (nSPS) is 11.3. The number of carbonyl (C=O) groups excluding carboxylic acids is 2. The van der Waals surface area contributed by atoms with Crippen molar-refractivity contribution in [3.63, 3.8) is 0 Å². The van der Waals surface area contributed by atoms with Gasteiger partial charge in [-0.25, -0.2) is 4.79 Å². The number of aryl methyl sites for hydroxylation is 1. The third-order valence-corrected chi connectivity index (χ3v) is 3.59. The Bertz CT molecular complexity index is 849. The number of nitrogens with one attached hydrogen (secondary N) is 1. The predicted molar refractivity (Wildman–Crippen MR) is 94.3 cm³/mol. The molecule has 1 atom stereocenters. The molecule has 2 aromatic carbocycles. The Morgan fingerprint density at radius 3 is 2.54 bits per heavy atom. The van der Waals surface area contributed by atoms with Crippen LogP contribution in [0, 0.1) is 17.0 Å². The molecule has 8 nitrogen and oxygen atoms in total. The number of para-hydroxylation sites is 1. The molecule has 0 spiro atoms. The van der Waals surface area contributed by atoms with Crippen molar-refractivity contribution in [3.05, 3.63) is 63.7 Å². The SMILES string of the molecule is COc1ccc(C)cc1NC(=O)C(C)OC(=O)c1ccccc1[N+](=O)[O-]. The first-order valence-corrected chi connectivity index (χ1v) is 7.73. The molecule has 2 aromatic rings. The highest BCUT2D eigenvalue weighted by molar-refractivity contribution is 5.99. The molecular formula is C18H18N2O6. The number of carbonyl (C=O) groups is 2. The van der Waals surface area contributed by atoms with Crippen LogP contribution in [-0.4, -0.2) is 30.0 Å². The number of esters is 1. The van der Waals surface area contributed by atoms with E-state index in [1.54, 1.807) is 12.1 Å². The van der Waals surface area contributed by atoms with Crippen LogP contribution in [0.1, 0.15) is 22.8 Å². The number of benzene rings is 2. The maximum Gasteiger partial charge on any atom is 0.345 e. The third-order valence-electron chi connectivity index (χ3n) is 3.59. The van der Waals surface area contributed by atoms with E-state index in [0.717, 1.165) is 5.56 Å². The molecule has 1 unspecified atom stereocenters. The summed E-state index contributed by atoms with van der Waals surface area (Å²) in [6.07, 6.45) is -1.16. The van der Waals surface area contributed by atoms with Crippen LogP contribution in [0.5, 0.6) is 5.75 Å². The molecule has 0 heterocycles. The number of amides is 1. The Morgan fingerprint density at radius 2 is 1.88 bits per heavy atom. The van der Waals surface area contributed by atoms with E-state index in [1.807, 2.05) is 13.0 Å². The van der Waals surface area contributed by atoms with Crippen LogP contribution in [0.2, 0.25) is 0 Å². The lowest BCUT2D eigenvalue weighted by molar-refractivity contribution is -0.385. The molecule has 2 rings (SSSR count). The number of ether oxygens (including phenoxy) is 2. The van der Waals surface area contributed by atoms with Gasteiger partial charge in [-0.05, 0) is 37.6 Å². The number of rotatable bonds is 6. The summed E-state index contributed by atoms with van der Waals surface area (Å²) in [5.41, 5.74) is 0.743. The molecule has 0 saturated carbocycles. The maximum absolute atomic E-state index is 12.3. The quantitative estimate of drug-likeness (QED) is 0.483. The van der Waals surface area contributed by atoms with Crippen molar-refractivity contribution in [2.45, 2.75) is 20.0 Å². The molecule has 0 radical (unpaired) electrons. The van der Waals surface area contributed by atoms with Gasteiger partial charge in [0.25, 0.3) is 11.6 Å². The summed E-state index contributed by atoms with van der Waals surface area (Å²) < 4.78 is 10.2. The average molecular weight is 358 g/mol. The molecule has 136 valence electrons. The number of nitrogens with zero attached hydrogens (tertiary/aromatic N) is 1. The first-order valence-electron chi connectivity index (χ1n) is 7.73. The predicted octanol–water partition coefficient (Wildman–Crippen LogP) is 3.10. The van der Waals surface area contributed by atoms with Crippen molar-refractivity contribution in [1.29, 1.82) is 0 Å². The lowest BCUT2D eigenvalue weighted by Crippen LogP contribution is -2.30. The number of hydrogen-bond acceptors (Lipinski definition) is 6. The Kier molecular flexibility index (Phi) is 5.90. The molecule has 1 N–H and O–H groups in total. The van der Waals surface area contributed by atoms with E-state index in [9.17, 15) is 19.7 Å². The molecule has 26 heavy (non-hydrogen) atoms. The monoisotopic (exact) mass is 358 g/mol. The van der Waals surface area contributed by atoms with Gasteiger partial charge in [0.15, 0.2) is 6.10 Å². The minimum Gasteiger partial charge on any atom is -0.495 e. The Hall–Kier alpha value is -3.42. The molecule has 0 aliphatic rings. The number of nitro groups is 1. The fraction of sp³-hybridized carbons (Fsp3) is 0.222. The summed E-state index contributed by atoms with van der Waals surface area (Å²) in [6.45, 7) is 3.23. The lowest BCUT2D eigenvalue weighted by Gasteiger charge is -2.15. The largest absolute Gasteiger partial charge is 0.495 e. The second kappa shape index (κ2) is 8.11. The summed E-state index contributed by atoms with van der Waals surface area (Å²) in [6, 6.07) is 10.6. The van der Waals surface area contributed by atoms with Crippen LogP contribution in [0.15, 0.2) is 42.5 Å². The van der Waals surface area contributed by atoms with Crippen molar-refractivity contribution in [1.82, 2.24) is 0 Å². The van der Waals surface area contributed by atoms with Gasteiger partial charge in [0.2, 0.25) is 0 Å². The van der Waals surface area contributed by atoms with E-state index in [0.29, 0.717) is 11.4 Å². The zero-order chi connectivity index (χ0) is 19.3. The fourth-order valence-corrected chi connectivity index (χ4v) is 2.24. The standard InChI is InChI=1S/C18H18N2O6/c1-11-8-9-16(25-3)14(10-11)19-17(21)12(2)26-18(22)13-6-4-5-7-15(13)20(23)24/h4-10,12H,1-3H3,(H,19,21). The highest BCUT2D eigenvalue weighted by Gasteiger charge is 2.25. The van der Waals surface area contributed by atoms with Crippen molar-refractivity contribution in [3.8, 4) is 5.75 Å². The van der Waals surface area contributed by atoms with Gasteiger partial charge in [0, 0.05) is 6.07 Å². The van der Waals surface area contributed by atoms with Crippen LogP contribution in [0.25, 0.3) is 0 Å². The van der Waals surface area contributed by atoms with E-state index in [-0.39, 0.29) is 11.3 Å². The first kappa shape index (κ1) is 18.9. The zero-order valence-corrected chi connectivity index (χ0v) is 14.5. The van der Waals surface area contributed by atoms with Crippen LogP contribution in [0.3, 0.4) is 0 Å². The van der Waals surface area contributed by atoms with Crippen molar-refractivity contribution in [2.75, 3.05) is 12.4 Å². The maximum atomic E-state index is 12.3. The van der Waals surface area contributed by atoms with E-state index in [2.05, 4.69) is 5.32 Å². The first-order chi connectivity index (χ1) is 12.3. The molecule has 1 amide bonds. The van der Waals surface area contributed by atoms with E-state index < -0.39 is 22.9 Å². The molecule has 0 aliphatic carbocycles. The summed E-state index contributed by atoms with van der Waals surface area (Å²) in [4.78, 5) is 34.8. The molecule has 8 heteroatoms. The van der Waals surface area contributed by atoms with Crippen LogP contribution in [0.4, 0.5) is 11.4 Å². The minimum atomic E-state index is -1.16. The van der Waals surface area contributed by atoms with Gasteiger partial charge >= 0.3 is 5.97 Å². The molecule has 0 bridgehead atoms. The topological polar surface area (TPSA) is 108 Å². The van der Waals surface area contributed by atoms with Gasteiger partial charge in [0.1, 0.15) is 11.3 Å². The summed E-state index contributed by atoms with van der Waals surface area (Å²) in [5.74, 6) is -1.07. The molecule has 0 aliphatic heterocycles. The van der Waals surface area contributed by atoms with Gasteiger partial charge in [-0.1, -0.05) is 18.2 Å². The molecular weight excluding hydrogens is 340 g/mol.